The van der Waals surface area contributed by atoms with Gasteiger partial charge in [0, 0.05) is 18.8 Å². The van der Waals surface area contributed by atoms with Crippen molar-refractivity contribution in [2.45, 2.75) is 0 Å². The number of carbonyl (C=O) groups is 2. The fourth-order valence-corrected chi connectivity index (χ4v) is 2.37. The minimum atomic E-state index is -1.26. The molecule has 0 amide bonds. The molecule has 0 atom stereocenters. The topological polar surface area (TPSA) is 143 Å². The highest BCUT2D eigenvalue weighted by Crippen LogP contribution is 2.24. The maximum Gasteiger partial charge on any atom is 0.335 e. The Kier molecular flexibility index (Phi) is 6.98. The Labute approximate surface area is 154 Å². The number of carboxylic acids is 2. The number of aliphatic hydroxyl groups excluding tert-OH is 2. The number of azo groups is 1. The number of rotatable bonds is 9. The van der Waals surface area contributed by atoms with E-state index in [1.165, 1.54) is 12.1 Å². The van der Waals surface area contributed by atoms with E-state index in [-0.39, 0.29) is 30.0 Å². The number of hydrogen-bond donors (Lipinski definition) is 4. The Balaban J connectivity index is 2.22. The van der Waals surface area contributed by atoms with E-state index in [9.17, 15) is 9.59 Å². The standard InChI is InChI=1S/C18H19N3O6/c22-7-5-21(6-8-23)16-3-1-14(2-4-16)19-20-15-10-12(17(24)25)9-13(11-15)18(26)27/h1-4,9-11,22-23H,5-8H2,(H,24,25)(H,26,27). The quantitative estimate of drug-likeness (QED) is 0.494. The summed E-state index contributed by atoms with van der Waals surface area (Å²) in [6, 6.07) is 10.3. The summed E-state index contributed by atoms with van der Waals surface area (Å²) in [6.07, 6.45) is 0. The Morgan fingerprint density at radius 2 is 1.26 bits per heavy atom. The molecule has 0 saturated carbocycles. The molecule has 0 saturated heterocycles. The van der Waals surface area contributed by atoms with Crippen LogP contribution >= 0.6 is 0 Å². The average molecular weight is 373 g/mol. The Morgan fingerprint density at radius 3 is 1.70 bits per heavy atom. The van der Waals surface area contributed by atoms with Gasteiger partial charge in [0.1, 0.15) is 0 Å². The predicted octanol–water partition coefficient (Wildman–Crippen LogP) is 2.29. The number of aromatic carboxylic acids is 2. The SMILES string of the molecule is O=C(O)c1cc(N=Nc2ccc(N(CCO)CCO)cc2)cc(C(=O)O)c1. The Morgan fingerprint density at radius 1 is 0.778 bits per heavy atom. The molecule has 0 heterocycles. The minimum Gasteiger partial charge on any atom is -0.478 e. The van der Waals surface area contributed by atoms with Crippen LogP contribution in [0.4, 0.5) is 17.1 Å². The highest BCUT2D eigenvalue weighted by Gasteiger charge is 2.11. The molecule has 0 aliphatic rings. The molecule has 0 radical (unpaired) electrons. The van der Waals surface area contributed by atoms with Gasteiger partial charge >= 0.3 is 11.9 Å². The van der Waals surface area contributed by atoms with Crippen LogP contribution in [0.5, 0.6) is 0 Å². The molecular weight excluding hydrogens is 354 g/mol. The minimum absolute atomic E-state index is 0.0483. The second-order valence-electron chi connectivity index (χ2n) is 5.53. The van der Waals surface area contributed by atoms with E-state index < -0.39 is 11.9 Å². The maximum atomic E-state index is 11.1. The molecule has 0 spiro atoms. The molecule has 0 aliphatic carbocycles. The molecule has 4 N–H and O–H groups in total. The first-order valence-electron chi connectivity index (χ1n) is 8.04. The van der Waals surface area contributed by atoms with Gasteiger partial charge in [0.05, 0.1) is 35.7 Å². The summed E-state index contributed by atoms with van der Waals surface area (Å²) in [5.74, 6) is -2.52. The summed E-state index contributed by atoms with van der Waals surface area (Å²) in [5, 5.41) is 44.2. The summed E-state index contributed by atoms with van der Waals surface area (Å²) >= 11 is 0. The number of nitrogens with zero attached hydrogens (tertiary/aromatic N) is 3. The van der Waals surface area contributed by atoms with Gasteiger partial charge in [0.2, 0.25) is 0 Å². The molecule has 9 nitrogen and oxygen atoms in total. The van der Waals surface area contributed by atoms with Crippen LogP contribution in [0.15, 0.2) is 52.7 Å². The van der Waals surface area contributed by atoms with Gasteiger partial charge in [0.25, 0.3) is 0 Å². The first kappa shape index (κ1) is 20.0. The number of hydrogen-bond acceptors (Lipinski definition) is 7. The van der Waals surface area contributed by atoms with Gasteiger partial charge in [-0.05, 0) is 42.5 Å². The van der Waals surface area contributed by atoms with Crippen molar-refractivity contribution >= 4 is 29.0 Å². The van der Waals surface area contributed by atoms with Gasteiger partial charge in [-0.15, -0.1) is 0 Å². The second kappa shape index (κ2) is 9.41. The summed E-state index contributed by atoms with van der Waals surface area (Å²) in [4.78, 5) is 24.0. The largest absolute Gasteiger partial charge is 0.478 e. The molecule has 27 heavy (non-hydrogen) atoms. The molecule has 2 aromatic rings. The summed E-state index contributed by atoms with van der Waals surface area (Å²) in [5.41, 5.74) is 0.992. The van der Waals surface area contributed by atoms with Crippen molar-refractivity contribution in [2.24, 2.45) is 10.2 Å². The second-order valence-corrected chi connectivity index (χ2v) is 5.53. The Hall–Kier alpha value is -3.30. The van der Waals surface area contributed by atoms with Crippen molar-refractivity contribution in [2.75, 3.05) is 31.2 Å². The molecule has 2 rings (SSSR count). The van der Waals surface area contributed by atoms with Crippen LogP contribution in [0.1, 0.15) is 20.7 Å². The average Bonchev–Trinajstić information content (AvgIpc) is 2.66. The van der Waals surface area contributed by atoms with Gasteiger partial charge < -0.3 is 25.3 Å². The van der Waals surface area contributed by atoms with Crippen molar-refractivity contribution in [1.29, 1.82) is 0 Å². The molecule has 142 valence electrons. The molecular formula is C18H19N3O6. The van der Waals surface area contributed by atoms with E-state index in [1.807, 2.05) is 0 Å². The van der Waals surface area contributed by atoms with Crippen molar-refractivity contribution in [1.82, 2.24) is 0 Å². The number of benzene rings is 2. The molecule has 0 aliphatic heterocycles. The van der Waals surface area contributed by atoms with Crippen LogP contribution in [0.25, 0.3) is 0 Å². The fraction of sp³-hybridized carbons (Fsp3) is 0.222. The van der Waals surface area contributed by atoms with Crippen molar-refractivity contribution < 1.29 is 30.0 Å². The molecule has 9 heteroatoms. The molecule has 0 bridgehead atoms. The van der Waals surface area contributed by atoms with Gasteiger partial charge in [-0.3, -0.25) is 0 Å². The zero-order valence-electron chi connectivity index (χ0n) is 14.3. The molecule has 0 fully saturated rings. The third-order valence-electron chi connectivity index (χ3n) is 3.65. The van der Waals surface area contributed by atoms with E-state index >= 15 is 0 Å². The van der Waals surface area contributed by atoms with Crippen LogP contribution in [0.3, 0.4) is 0 Å². The summed E-state index contributed by atoms with van der Waals surface area (Å²) < 4.78 is 0. The van der Waals surface area contributed by atoms with Crippen LogP contribution < -0.4 is 4.90 Å². The highest BCUT2D eigenvalue weighted by atomic mass is 16.4. The smallest absolute Gasteiger partial charge is 0.335 e. The highest BCUT2D eigenvalue weighted by molar-refractivity contribution is 5.95. The van der Waals surface area contributed by atoms with Crippen molar-refractivity contribution in [3.05, 3.63) is 53.6 Å². The van der Waals surface area contributed by atoms with Crippen molar-refractivity contribution in [3.63, 3.8) is 0 Å². The van der Waals surface area contributed by atoms with Gasteiger partial charge in [0.15, 0.2) is 0 Å². The van der Waals surface area contributed by atoms with Gasteiger partial charge in [-0.25, -0.2) is 9.59 Å². The van der Waals surface area contributed by atoms with E-state index in [0.717, 1.165) is 11.8 Å². The van der Waals surface area contributed by atoms with E-state index in [0.29, 0.717) is 18.8 Å². The van der Waals surface area contributed by atoms with Crippen molar-refractivity contribution in [3.8, 4) is 0 Å². The monoisotopic (exact) mass is 373 g/mol. The first-order valence-corrected chi connectivity index (χ1v) is 8.04. The van der Waals surface area contributed by atoms with Crippen LogP contribution in [0.2, 0.25) is 0 Å². The van der Waals surface area contributed by atoms with Crippen LogP contribution in [-0.2, 0) is 0 Å². The number of aliphatic hydroxyl groups is 2. The lowest BCUT2D eigenvalue weighted by atomic mass is 10.1. The fourth-order valence-electron chi connectivity index (χ4n) is 2.37. The lowest BCUT2D eigenvalue weighted by Gasteiger charge is -2.22. The van der Waals surface area contributed by atoms with E-state index in [1.54, 1.807) is 29.2 Å². The predicted molar refractivity (Wildman–Crippen MR) is 97.4 cm³/mol. The van der Waals surface area contributed by atoms with Gasteiger partial charge in [-0.2, -0.15) is 10.2 Å². The summed E-state index contributed by atoms with van der Waals surface area (Å²) in [6.45, 7) is 0.656. The number of carboxylic acid groups (broad SMARTS) is 2. The van der Waals surface area contributed by atoms with Crippen LogP contribution in [-0.4, -0.2) is 58.7 Å². The first-order chi connectivity index (χ1) is 12.9. The van der Waals surface area contributed by atoms with E-state index in [4.69, 9.17) is 20.4 Å². The molecule has 2 aromatic carbocycles. The lowest BCUT2D eigenvalue weighted by molar-refractivity contribution is 0.0696. The van der Waals surface area contributed by atoms with Crippen LogP contribution in [0, 0.1) is 0 Å². The third kappa shape index (κ3) is 5.59. The molecule has 0 unspecified atom stereocenters. The van der Waals surface area contributed by atoms with E-state index in [2.05, 4.69) is 10.2 Å². The zero-order chi connectivity index (χ0) is 19.8. The molecule has 0 aromatic heterocycles. The lowest BCUT2D eigenvalue weighted by Crippen LogP contribution is -2.29. The Bertz CT molecular complexity index is 797. The third-order valence-corrected chi connectivity index (χ3v) is 3.65. The normalized spacial score (nSPS) is 10.9. The van der Waals surface area contributed by atoms with Gasteiger partial charge in [-0.1, -0.05) is 0 Å². The number of anilines is 1. The maximum absolute atomic E-state index is 11.1. The zero-order valence-corrected chi connectivity index (χ0v) is 14.3. The summed E-state index contributed by atoms with van der Waals surface area (Å²) in [7, 11) is 0.